The van der Waals surface area contributed by atoms with Crippen LogP contribution in [0.5, 0.6) is 0 Å². The van der Waals surface area contributed by atoms with E-state index in [1.54, 1.807) is 19.1 Å². The molecule has 1 heterocycles. The lowest BCUT2D eigenvalue weighted by Crippen LogP contribution is -2.27. The standard InChI is InChI=1S/C18H17ClN2O3S/c1-11-3-6-17-13(7-11)8-14(18(22)21-17)10-20-25(23,24)15-5-4-12(2)16(19)9-15/h3-9,20H,10H2,1-2H3,(H,21,22). The van der Waals surface area contributed by atoms with Gasteiger partial charge in [-0.25, -0.2) is 13.1 Å². The highest BCUT2D eigenvalue weighted by molar-refractivity contribution is 7.89. The third-order valence-electron chi connectivity index (χ3n) is 3.98. The van der Waals surface area contributed by atoms with Gasteiger partial charge in [0.2, 0.25) is 10.0 Å². The highest BCUT2D eigenvalue weighted by Crippen LogP contribution is 2.20. The number of sulfonamides is 1. The number of nitrogens with one attached hydrogen (secondary N) is 2. The summed E-state index contributed by atoms with van der Waals surface area (Å²) in [6, 6.07) is 11.9. The second-order valence-electron chi connectivity index (χ2n) is 5.95. The molecule has 0 saturated heterocycles. The van der Waals surface area contributed by atoms with Crippen LogP contribution in [-0.4, -0.2) is 13.4 Å². The van der Waals surface area contributed by atoms with Gasteiger partial charge in [0.1, 0.15) is 0 Å². The maximum atomic E-state index is 12.4. The minimum Gasteiger partial charge on any atom is -0.322 e. The summed E-state index contributed by atoms with van der Waals surface area (Å²) in [7, 11) is -3.76. The van der Waals surface area contributed by atoms with Crippen molar-refractivity contribution in [3.63, 3.8) is 0 Å². The fourth-order valence-electron chi connectivity index (χ4n) is 2.50. The Hall–Kier alpha value is -2.15. The third-order valence-corrected chi connectivity index (χ3v) is 5.79. The number of H-pyrrole nitrogens is 1. The van der Waals surface area contributed by atoms with E-state index in [2.05, 4.69) is 9.71 Å². The molecule has 7 heteroatoms. The van der Waals surface area contributed by atoms with Gasteiger partial charge in [0.05, 0.1) is 4.90 Å². The minimum atomic E-state index is -3.76. The molecule has 3 aromatic rings. The van der Waals surface area contributed by atoms with Gasteiger partial charge in [0.25, 0.3) is 5.56 Å². The fraction of sp³-hybridized carbons (Fsp3) is 0.167. The summed E-state index contributed by atoms with van der Waals surface area (Å²) in [5.74, 6) is 0. The second kappa shape index (κ2) is 6.63. The summed E-state index contributed by atoms with van der Waals surface area (Å²) >= 11 is 6.00. The number of pyridine rings is 1. The Morgan fingerprint density at radius 2 is 1.84 bits per heavy atom. The molecule has 0 radical (unpaired) electrons. The number of hydrogen-bond acceptors (Lipinski definition) is 3. The van der Waals surface area contributed by atoms with Crippen molar-refractivity contribution in [3.05, 3.63) is 74.5 Å². The Bertz CT molecular complexity index is 1120. The zero-order valence-electron chi connectivity index (χ0n) is 13.8. The van der Waals surface area contributed by atoms with E-state index in [1.807, 2.05) is 25.1 Å². The minimum absolute atomic E-state index is 0.0659. The van der Waals surface area contributed by atoms with E-state index >= 15 is 0 Å². The van der Waals surface area contributed by atoms with Crippen LogP contribution in [0, 0.1) is 13.8 Å². The number of hydrogen-bond donors (Lipinski definition) is 2. The van der Waals surface area contributed by atoms with E-state index in [4.69, 9.17) is 11.6 Å². The normalized spacial score (nSPS) is 11.8. The summed E-state index contributed by atoms with van der Waals surface area (Å²) in [6.07, 6.45) is 0. The van der Waals surface area contributed by atoms with E-state index in [1.165, 1.54) is 12.1 Å². The van der Waals surface area contributed by atoms with Crippen molar-refractivity contribution in [2.24, 2.45) is 0 Å². The van der Waals surface area contributed by atoms with Gasteiger partial charge in [0.15, 0.2) is 0 Å². The maximum Gasteiger partial charge on any atom is 0.252 e. The zero-order chi connectivity index (χ0) is 18.2. The zero-order valence-corrected chi connectivity index (χ0v) is 15.3. The van der Waals surface area contributed by atoms with Gasteiger partial charge in [0, 0.05) is 22.6 Å². The molecule has 0 atom stereocenters. The number of benzene rings is 2. The second-order valence-corrected chi connectivity index (χ2v) is 8.12. The predicted molar refractivity (Wildman–Crippen MR) is 99.5 cm³/mol. The van der Waals surface area contributed by atoms with E-state index < -0.39 is 10.0 Å². The molecule has 1 aromatic heterocycles. The van der Waals surface area contributed by atoms with Crippen molar-refractivity contribution < 1.29 is 8.42 Å². The van der Waals surface area contributed by atoms with Crippen molar-refractivity contribution in [2.75, 3.05) is 0 Å². The topological polar surface area (TPSA) is 79.0 Å². The van der Waals surface area contributed by atoms with Crippen LogP contribution >= 0.6 is 11.6 Å². The first-order chi connectivity index (χ1) is 11.8. The molecule has 0 aliphatic rings. The summed E-state index contributed by atoms with van der Waals surface area (Å²) in [5, 5.41) is 1.23. The van der Waals surface area contributed by atoms with Crippen molar-refractivity contribution in [1.29, 1.82) is 0 Å². The van der Waals surface area contributed by atoms with Crippen LogP contribution in [-0.2, 0) is 16.6 Å². The molecule has 0 fully saturated rings. The average molecular weight is 377 g/mol. The summed E-state index contributed by atoms with van der Waals surface area (Å²) in [5.41, 5.74) is 2.59. The number of rotatable bonds is 4. The Labute approximate surface area is 150 Å². The van der Waals surface area contributed by atoms with Crippen LogP contribution in [0.25, 0.3) is 10.9 Å². The number of halogens is 1. The molecule has 3 rings (SSSR count). The van der Waals surface area contributed by atoms with E-state index in [0.717, 1.165) is 16.5 Å². The molecule has 0 spiro atoms. The maximum absolute atomic E-state index is 12.4. The Morgan fingerprint density at radius 3 is 2.56 bits per heavy atom. The van der Waals surface area contributed by atoms with Gasteiger partial charge in [-0.1, -0.05) is 29.3 Å². The molecule has 5 nitrogen and oxygen atoms in total. The van der Waals surface area contributed by atoms with Crippen LogP contribution in [0.2, 0.25) is 5.02 Å². The van der Waals surface area contributed by atoms with Gasteiger partial charge >= 0.3 is 0 Å². The quantitative estimate of drug-likeness (QED) is 0.733. The van der Waals surface area contributed by atoms with Crippen molar-refractivity contribution in [1.82, 2.24) is 9.71 Å². The van der Waals surface area contributed by atoms with Crippen LogP contribution in [0.1, 0.15) is 16.7 Å². The molecular weight excluding hydrogens is 360 g/mol. The Morgan fingerprint density at radius 1 is 1.08 bits per heavy atom. The van der Waals surface area contributed by atoms with Gasteiger partial charge in [-0.3, -0.25) is 4.79 Å². The highest BCUT2D eigenvalue weighted by Gasteiger charge is 2.16. The van der Waals surface area contributed by atoms with Crippen LogP contribution in [0.4, 0.5) is 0 Å². The molecule has 0 aliphatic carbocycles. The van der Waals surface area contributed by atoms with Gasteiger partial charge in [-0.2, -0.15) is 0 Å². The largest absolute Gasteiger partial charge is 0.322 e. The summed E-state index contributed by atoms with van der Waals surface area (Å²) in [4.78, 5) is 15.0. The first-order valence-electron chi connectivity index (χ1n) is 7.65. The molecule has 0 saturated carbocycles. The van der Waals surface area contributed by atoms with E-state index in [9.17, 15) is 13.2 Å². The van der Waals surface area contributed by atoms with E-state index in [0.29, 0.717) is 16.1 Å². The molecule has 0 bridgehead atoms. The van der Waals surface area contributed by atoms with Crippen molar-refractivity contribution in [3.8, 4) is 0 Å². The van der Waals surface area contributed by atoms with Crippen molar-refractivity contribution in [2.45, 2.75) is 25.3 Å². The lowest BCUT2D eigenvalue weighted by atomic mass is 10.1. The number of aryl methyl sites for hydroxylation is 2. The summed E-state index contributed by atoms with van der Waals surface area (Å²) < 4.78 is 27.3. The molecule has 0 aliphatic heterocycles. The van der Waals surface area contributed by atoms with Crippen molar-refractivity contribution >= 4 is 32.5 Å². The molecule has 2 N–H and O–H groups in total. The number of aromatic nitrogens is 1. The first kappa shape index (κ1) is 17.7. The monoisotopic (exact) mass is 376 g/mol. The van der Waals surface area contributed by atoms with Gasteiger partial charge < -0.3 is 4.98 Å². The van der Waals surface area contributed by atoms with E-state index in [-0.39, 0.29) is 17.0 Å². The number of aromatic amines is 1. The SMILES string of the molecule is Cc1ccc2[nH]c(=O)c(CNS(=O)(=O)c3ccc(C)c(Cl)c3)cc2c1. The molecular formula is C18H17ClN2O3S. The number of fused-ring (bicyclic) bond motifs is 1. The smallest absolute Gasteiger partial charge is 0.252 e. The molecule has 25 heavy (non-hydrogen) atoms. The lowest BCUT2D eigenvalue weighted by Gasteiger charge is -2.09. The third kappa shape index (κ3) is 3.76. The Kier molecular flexibility index (Phi) is 4.69. The average Bonchev–Trinajstić information content (AvgIpc) is 2.55. The predicted octanol–water partition coefficient (Wildman–Crippen LogP) is 3.28. The first-order valence-corrected chi connectivity index (χ1v) is 9.51. The Balaban J connectivity index is 1.89. The van der Waals surface area contributed by atoms with Crippen LogP contribution < -0.4 is 10.3 Å². The summed E-state index contributed by atoms with van der Waals surface area (Å²) in [6.45, 7) is 3.64. The molecule has 130 valence electrons. The fourth-order valence-corrected chi connectivity index (χ4v) is 3.78. The van der Waals surface area contributed by atoms with Crippen LogP contribution in [0.15, 0.2) is 52.2 Å². The molecule has 0 unspecified atom stereocenters. The molecule has 0 amide bonds. The van der Waals surface area contributed by atoms with Crippen LogP contribution in [0.3, 0.4) is 0 Å². The van der Waals surface area contributed by atoms with Gasteiger partial charge in [-0.05, 0) is 55.1 Å². The highest BCUT2D eigenvalue weighted by atomic mass is 35.5. The lowest BCUT2D eigenvalue weighted by molar-refractivity contribution is 0.581. The molecule has 2 aromatic carbocycles. The van der Waals surface area contributed by atoms with Gasteiger partial charge in [-0.15, -0.1) is 0 Å².